The highest BCUT2D eigenvalue weighted by Gasteiger charge is 2.56. The molecule has 1 N–H and O–H groups in total. The molecule has 2 fully saturated rings. The molecule has 4 heterocycles. The van der Waals surface area contributed by atoms with E-state index in [-0.39, 0.29) is 30.2 Å². The molecule has 2 amide bonds. The molecule has 0 unspecified atom stereocenters. The van der Waals surface area contributed by atoms with Crippen LogP contribution in [0, 0.1) is 12.8 Å². The average Bonchev–Trinajstić information content (AvgIpc) is 3.39. The minimum Gasteiger partial charge on any atom is -0.326 e. The molecular formula is C27H24BrN7O3. The number of Topliss-reactive ketones (excluding diaryl/α,β-unsaturated/α-hetero) is 1. The van der Waals surface area contributed by atoms with E-state index in [2.05, 4.69) is 41.3 Å². The normalized spacial score (nSPS) is 19.9. The van der Waals surface area contributed by atoms with Crippen molar-refractivity contribution in [3.05, 3.63) is 64.9 Å². The molecule has 3 atom stereocenters. The number of hydrogen-bond donors (Lipinski definition) is 1. The predicted octanol–water partition coefficient (Wildman–Crippen LogP) is 3.79. The first-order chi connectivity index (χ1) is 18.3. The van der Waals surface area contributed by atoms with Gasteiger partial charge in [-0.1, -0.05) is 12.1 Å². The first-order valence-electron chi connectivity index (χ1n) is 12.3. The van der Waals surface area contributed by atoms with Crippen LogP contribution >= 0.6 is 15.9 Å². The molecule has 0 bridgehead atoms. The Balaban J connectivity index is 1.27. The highest BCUT2D eigenvalue weighted by Crippen LogP contribution is 2.48. The number of rotatable bonds is 6. The molecule has 1 aromatic carbocycles. The van der Waals surface area contributed by atoms with E-state index in [1.807, 2.05) is 25.1 Å². The van der Waals surface area contributed by atoms with Gasteiger partial charge in [-0.25, -0.2) is 15.0 Å². The second kappa shape index (κ2) is 9.39. The molecule has 1 saturated carbocycles. The number of carbonyl (C=O) groups is 3. The Morgan fingerprint density at radius 1 is 1.08 bits per heavy atom. The van der Waals surface area contributed by atoms with Gasteiger partial charge in [-0.05, 0) is 71.4 Å². The van der Waals surface area contributed by atoms with Crippen LogP contribution < -0.4 is 5.32 Å². The number of fused-ring (bicyclic) bond motifs is 2. The zero-order valence-electron chi connectivity index (χ0n) is 20.8. The second-order valence-corrected chi connectivity index (χ2v) is 10.6. The van der Waals surface area contributed by atoms with E-state index in [4.69, 9.17) is 0 Å². The molecule has 10 nitrogen and oxygen atoms in total. The number of ketones is 1. The number of aromatic nitrogens is 5. The molecule has 1 aliphatic carbocycles. The highest BCUT2D eigenvalue weighted by atomic mass is 79.9. The maximum Gasteiger partial charge on any atom is 0.248 e. The van der Waals surface area contributed by atoms with Gasteiger partial charge in [0.05, 0.1) is 5.52 Å². The number of carbonyl (C=O) groups excluding carboxylic acids is 3. The zero-order valence-corrected chi connectivity index (χ0v) is 22.3. The van der Waals surface area contributed by atoms with Crippen molar-refractivity contribution in [3.8, 4) is 11.1 Å². The lowest BCUT2D eigenvalue weighted by Gasteiger charge is -2.26. The molecule has 1 aliphatic heterocycles. The van der Waals surface area contributed by atoms with Gasteiger partial charge in [0, 0.05) is 36.3 Å². The van der Waals surface area contributed by atoms with Crippen LogP contribution in [-0.2, 0) is 16.1 Å². The minimum absolute atomic E-state index is 0.0518. The number of nitrogens with zero attached hydrogens (tertiary/aromatic N) is 6. The van der Waals surface area contributed by atoms with E-state index < -0.39 is 6.04 Å². The predicted molar refractivity (Wildman–Crippen MR) is 143 cm³/mol. The molecule has 2 aliphatic rings. The Kier molecular flexibility index (Phi) is 6.02. The fourth-order valence-corrected chi connectivity index (χ4v) is 5.57. The molecule has 3 aromatic heterocycles. The monoisotopic (exact) mass is 573 g/mol. The van der Waals surface area contributed by atoms with E-state index in [0.717, 1.165) is 17.5 Å². The Bertz CT molecular complexity index is 1600. The summed E-state index contributed by atoms with van der Waals surface area (Å²) in [6.45, 7) is 3.21. The van der Waals surface area contributed by atoms with Crippen molar-refractivity contribution < 1.29 is 14.4 Å². The summed E-state index contributed by atoms with van der Waals surface area (Å²) in [7, 11) is 0. The Labute approximate surface area is 226 Å². The summed E-state index contributed by atoms with van der Waals surface area (Å²) >= 11 is 3.31. The molecule has 4 aromatic rings. The minimum atomic E-state index is -0.575. The lowest BCUT2D eigenvalue weighted by Crippen LogP contribution is -2.46. The number of amides is 2. The van der Waals surface area contributed by atoms with Gasteiger partial charge in [0.25, 0.3) is 0 Å². The number of pyridine rings is 1. The maximum atomic E-state index is 13.6. The van der Waals surface area contributed by atoms with Crippen LogP contribution in [0.3, 0.4) is 0 Å². The summed E-state index contributed by atoms with van der Waals surface area (Å²) < 4.78 is 2.17. The first-order valence-corrected chi connectivity index (χ1v) is 13.1. The largest absolute Gasteiger partial charge is 0.326 e. The standard InChI is InChI=1S/C27H24BrN7O3/c1-14(36)26-19-8-16(18-11-29-15(2)30-12-18)6-7-20(19)34(33-26)13-25(37)35-21-9-17(21)10-22(35)27(38)32-24-5-3-4-23(28)31-24/h3-8,11-12,17,21-22H,9-10,13H2,1-2H3,(H,31,32,38)/t17-,21-,22+/m1/s1. The summed E-state index contributed by atoms with van der Waals surface area (Å²) in [5.74, 6) is 0.776. The van der Waals surface area contributed by atoms with Crippen molar-refractivity contribution in [2.45, 2.75) is 45.3 Å². The molecule has 6 rings (SSSR count). The van der Waals surface area contributed by atoms with Crippen molar-refractivity contribution in [3.63, 3.8) is 0 Å². The number of benzene rings is 1. The summed E-state index contributed by atoms with van der Waals surface area (Å²) in [5.41, 5.74) is 2.64. The SMILES string of the molecule is CC(=O)c1nn(CC(=O)N2[C@@H]3C[C@@H]3C[C@H]2C(=O)Nc2cccc(Br)n2)c2ccc(-c3cnc(C)nc3)cc12. The average molecular weight is 574 g/mol. The van der Waals surface area contributed by atoms with E-state index in [1.54, 1.807) is 40.2 Å². The Hall–Kier alpha value is -3.99. The maximum absolute atomic E-state index is 13.6. The van der Waals surface area contributed by atoms with Gasteiger partial charge < -0.3 is 10.2 Å². The number of anilines is 1. The molecule has 11 heteroatoms. The van der Waals surface area contributed by atoms with Crippen LogP contribution in [0.25, 0.3) is 22.0 Å². The highest BCUT2D eigenvalue weighted by molar-refractivity contribution is 9.10. The molecule has 1 saturated heterocycles. The van der Waals surface area contributed by atoms with Gasteiger partial charge in [0.15, 0.2) is 5.78 Å². The van der Waals surface area contributed by atoms with E-state index in [0.29, 0.717) is 45.2 Å². The summed E-state index contributed by atoms with van der Waals surface area (Å²) in [5, 5.41) is 8.00. The third-order valence-electron chi connectivity index (χ3n) is 7.14. The topological polar surface area (TPSA) is 123 Å². The van der Waals surface area contributed by atoms with Gasteiger partial charge >= 0.3 is 0 Å². The number of halogens is 1. The van der Waals surface area contributed by atoms with Crippen LogP contribution in [0.4, 0.5) is 5.82 Å². The smallest absolute Gasteiger partial charge is 0.248 e. The van der Waals surface area contributed by atoms with Crippen molar-refractivity contribution in [2.24, 2.45) is 5.92 Å². The fraction of sp³-hybridized carbons (Fsp3) is 0.296. The van der Waals surface area contributed by atoms with Crippen LogP contribution in [0.1, 0.15) is 36.1 Å². The number of piperidine rings is 1. The second-order valence-electron chi connectivity index (χ2n) is 9.76. The first kappa shape index (κ1) is 24.4. The quantitative estimate of drug-likeness (QED) is 0.275. The van der Waals surface area contributed by atoms with Crippen molar-refractivity contribution in [1.82, 2.24) is 29.6 Å². The van der Waals surface area contributed by atoms with E-state index in [9.17, 15) is 14.4 Å². The van der Waals surface area contributed by atoms with Crippen molar-refractivity contribution in [1.29, 1.82) is 0 Å². The van der Waals surface area contributed by atoms with Crippen LogP contribution in [-0.4, -0.2) is 59.3 Å². The van der Waals surface area contributed by atoms with Gasteiger partial charge in [0.1, 0.15) is 34.5 Å². The molecule has 38 heavy (non-hydrogen) atoms. The molecule has 0 spiro atoms. The lowest BCUT2D eigenvalue weighted by atomic mass is 10.0. The Morgan fingerprint density at radius 3 is 2.61 bits per heavy atom. The van der Waals surface area contributed by atoms with E-state index >= 15 is 0 Å². The van der Waals surface area contributed by atoms with Crippen molar-refractivity contribution in [2.75, 3.05) is 5.32 Å². The fourth-order valence-electron chi connectivity index (χ4n) is 5.23. The van der Waals surface area contributed by atoms with Gasteiger partial charge in [-0.15, -0.1) is 0 Å². The summed E-state index contributed by atoms with van der Waals surface area (Å²) in [6.07, 6.45) is 4.99. The summed E-state index contributed by atoms with van der Waals surface area (Å²) in [4.78, 5) is 53.6. The lowest BCUT2D eigenvalue weighted by molar-refractivity contribution is -0.138. The van der Waals surface area contributed by atoms with Crippen LogP contribution in [0.5, 0.6) is 0 Å². The number of nitrogens with one attached hydrogen (secondary N) is 1. The van der Waals surface area contributed by atoms with Gasteiger partial charge in [0.2, 0.25) is 11.8 Å². The van der Waals surface area contributed by atoms with E-state index in [1.165, 1.54) is 6.92 Å². The number of aryl methyl sites for hydroxylation is 1. The van der Waals surface area contributed by atoms with Crippen molar-refractivity contribution >= 4 is 50.2 Å². The third-order valence-corrected chi connectivity index (χ3v) is 7.59. The van der Waals surface area contributed by atoms with Crippen LogP contribution in [0.2, 0.25) is 0 Å². The molecule has 192 valence electrons. The molecular weight excluding hydrogens is 550 g/mol. The summed E-state index contributed by atoms with van der Waals surface area (Å²) in [6, 6.07) is 10.4. The van der Waals surface area contributed by atoms with Gasteiger partial charge in [-0.2, -0.15) is 5.10 Å². The third kappa shape index (κ3) is 4.47. The van der Waals surface area contributed by atoms with Gasteiger partial charge in [-0.3, -0.25) is 19.1 Å². The molecule has 0 radical (unpaired) electrons. The number of likely N-dealkylation sites (tertiary alicyclic amines) is 1. The zero-order chi connectivity index (χ0) is 26.6. The van der Waals surface area contributed by atoms with Crippen LogP contribution in [0.15, 0.2) is 53.4 Å². The number of hydrogen-bond acceptors (Lipinski definition) is 7. The Morgan fingerprint density at radius 2 is 1.87 bits per heavy atom.